The molecule has 58 heavy (non-hydrogen) atoms. The molecule has 9 nitrogen and oxygen atoms in total. The number of benzene rings is 5. The van der Waals surface area contributed by atoms with Crippen molar-refractivity contribution >= 4 is 58.0 Å². The van der Waals surface area contributed by atoms with E-state index in [1.54, 1.807) is 60.7 Å². The lowest BCUT2D eigenvalue weighted by atomic mass is 9.49. The first-order valence-corrected chi connectivity index (χ1v) is 19.6. The van der Waals surface area contributed by atoms with Crippen LogP contribution in [0, 0.1) is 29.5 Å². The summed E-state index contributed by atoms with van der Waals surface area (Å²) in [6, 6.07) is 34.2. The molecule has 2 saturated heterocycles. The summed E-state index contributed by atoms with van der Waals surface area (Å²) in [6.45, 7) is 3.86. The lowest BCUT2D eigenvalue weighted by Gasteiger charge is -2.50. The fourth-order valence-corrected chi connectivity index (χ4v) is 9.93. The smallest absolute Gasteiger partial charge is 0.260 e. The van der Waals surface area contributed by atoms with Gasteiger partial charge in [0.05, 0.1) is 34.5 Å². The molecule has 4 amide bonds. The van der Waals surface area contributed by atoms with Gasteiger partial charge in [-0.15, -0.1) is 6.58 Å². The van der Waals surface area contributed by atoms with Crippen molar-refractivity contribution < 1.29 is 28.7 Å². The second kappa shape index (κ2) is 14.5. The van der Waals surface area contributed by atoms with Crippen LogP contribution in [0.5, 0.6) is 5.75 Å². The number of allylic oxidation sites excluding steroid dienone is 3. The van der Waals surface area contributed by atoms with Crippen molar-refractivity contribution in [3.05, 3.63) is 173 Å². The zero-order valence-corrected chi connectivity index (χ0v) is 31.9. The number of aromatic hydroxyl groups is 1. The molecule has 3 N–H and O–H groups in total. The summed E-state index contributed by atoms with van der Waals surface area (Å²) in [4.78, 5) is 60.7. The number of nitrogens with zero attached hydrogens (tertiary/aromatic N) is 2. The van der Waals surface area contributed by atoms with Crippen molar-refractivity contribution in [3.8, 4) is 5.75 Å². The molecule has 6 atom stereocenters. The number of para-hydroxylation sites is 2. The van der Waals surface area contributed by atoms with Crippen molar-refractivity contribution in [3.63, 3.8) is 0 Å². The summed E-state index contributed by atoms with van der Waals surface area (Å²) in [5.74, 6) is -6.54. The minimum Gasteiger partial charge on any atom is -0.507 e. The number of imide groups is 2. The third-order valence-electron chi connectivity index (χ3n) is 12.3. The van der Waals surface area contributed by atoms with E-state index in [0.717, 1.165) is 16.4 Å². The first-order valence-electron chi connectivity index (χ1n) is 19.2. The molecular formula is C47H38ClFN4O5. The summed E-state index contributed by atoms with van der Waals surface area (Å²) in [7, 11) is 0. The number of nitrogens with one attached hydrogen (secondary N) is 2. The molecule has 0 unspecified atom stereocenters. The molecule has 0 spiro atoms. The topological polar surface area (TPSA) is 119 Å². The molecule has 0 radical (unpaired) electrons. The Morgan fingerprint density at radius 2 is 1.48 bits per heavy atom. The van der Waals surface area contributed by atoms with Crippen molar-refractivity contribution in [2.45, 2.75) is 30.6 Å². The third-order valence-corrected chi connectivity index (χ3v) is 12.5. The zero-order valence-electron chi connectivity index (χ0n) is 31.1. The molecule has 0 bridgehead atoms. The van der Waals surface area contributed by atoms with Crippen molar-refractivity contribution in [1.82, 2.24) is 5.01 Å². The molecule has 2 heterocycles. The average molecular weight is 793 g/mol. The van der Waals surface area contributed by atoms with Crippen LogP contribution in [-0.4, -0.2) is 33.7 Å². The first-order chi connectivity index (χ1) is 28.1. The quantitative estimate of drug-likeness (QED) is 0.101. The number of hydrazine groups is 1. The summed E-state index contributed by atoms with van der Waals surface area (Å²) in [5.41, 5.74) is 5.94. The molecule has 290 valence electrons. The third kappa shape index (κ3) is 5.81. The van der Waals surface area contributed by atoms with Crippen LogP contribution in [0.25, 0.3) is 0 Å². The highest BCUT2D eigenvalue weighted by Gasteiger charge is 2.70. The van der Waals surface area contributed by atoms with Crippen LogP contribution < -0.4 is 15.6 Å². The second-order valence-electron chi connectivity index (χ2n) is 15.3. The summed E-state index contributed by atoms with van der Waals surface area (Å²) >= 11 is 6.41. The van der Waals surface area contributed by atoms with E-state index in [1.165, 1.54) is 29.2 Å². The Bertz CT molecular complexity index is 2510. The number of phenolic OH excluding ortho intramolecular Hbond substituents is 1. The van der Waals surface area contributed by atoms with Crippen LogP contribution in [0.15, 0.2) is 146 Å². The fourth-order valence-electron chi connectivity index (χ4n) is 9.80. The maximum Gasteiger partial charge on any atom is 0.260 e. The monoisotopic (exact) mass is 792 g/mol. The van der Waals surface area contributed by atoms with Gasteiger partial charge in [0, 0.05) is 27.9 Å². The van der Waals surface area contributed by atoms with Gasteiger partial charge in [0.15, 0.2) is 0 Å². The summed E-state index contributed by atoms with van der Waals surface area (Å²) < 4.78 is 14.0. The van der Waals surface area contributed by atoms with E-state index in [0.29, 0.717) is 45.1 Å². The maximum absolute atomic E-state index is 15.4. The Labute approximate surface area is 339 Å². The molecule has 11 heteroatoms. The highest BCUT2D eigenvalue weighted by atomic mass is 35.5. The maximum atomic E-state index is 15.4. The number of rotatable bonds is 9. The zero-order chi connectivity index (χ0) is 40.3. The van der Waals surface area contributed by atoms with Gasteiger partial charge in [0.2, 0.25) is 11.8 Å². The van der Waals surface area contributed by atoms with Gasteiger partial charge in [0.25, 0.3) is 11.8 Å². The molecule has 9 rings (SSSR count). The van der Waals surface area contributed by atoms with E-state index in [2.05, 4.69) is 17.3 Å². The van der Waals surface area contributed by atoms with Gasteiger partial charge < -0.3 is 10.4 Å². The number of halogens is 2. The highest BCUT2D eigenvalue weighted by Crippen LogP contribution is 2.65. The van der Waals surface area contributed by atoms with E-state index >= 15 is 4.79 Å². The number of hydrogen-bond donors (Lipinski definition) is 3. The molecule has 5 aromatic rings. The van der Waals surface area contributed by atoms with E-state index in [9.17, 15) is 23.9 Å². The number of anilines is 4. The summed E-state index contributed by atoms with van der Waals surface area (Å²) in [6.07, 6.45) is 4.24. The van der Waals surface area contributed by atoms with Crippen LogP contribution >= 0.6 is 11.6 Å². The SMILES string of the molecule is C=CCc1cccc([C@H]2C3=CC[C@@H]4C(=O)N(c5ccc(Nc6ccccc6)cc5)C(=O)[C@@H]4[C@@H]3C[C@H]3C(=O)N(Nc4ccc(F)cc4)C(=O)[C@@]23c2ccc(Cl)cc2)c1O. The Balaban J connectivity index is 1.17. The molecule has 2 aliphatic heterocycles. The van der Waals surface area contributed by atoms with Crippen molar-refractivity contribution in [2.75, 3.05) is 15.6 Å². The van der Waals surface area contributed by atoms with Gasteiger partial charge in [0.1, 0.15) is 11.6 Å². The van der Waals surface area contributed by atoms with Gasteiger partial charge in [-0.1, -0.05) is 77.9 Å². The molecule has 3 fully saturated rings. The Hall–Kier alpha value is -6.52. The average Bonchev–Trinajstić information content (AvgIpc) is 3.61. The minimum atomic E-state index is -1.62. The van der Waals surface area contributed by atoms with Crippen LogP contribution in [0.4, 0.5) is 27.1 Å². The standard InChI is InChI=1S/C47H38ClFN4O5/c1-2-7-27-8-6-11-37(42(27)54)41-35-24-25-36-40(45(57)52(43(36)55)34-22-20-32(21-23-34)50-31-9-4-3-5-10-31)38(35)26-39-44(56)53(51-33-18-16-30(49)17-19-33)46(58)47(39,41)28-12-14-29(48)15-13-28/h2-6,8-24,36,38-41,50-51,54H,1,7,25-26H2/t36-,38+,39-,40-,41+,47+/m0/s1. The van der Waals surface area contributed by atoms with Crippen molar-refractivity contribution in [2.24, 2.45) is 23.7 Å². The van der Waals surface area contributed by atoms with Gasteiger partial charge in [-0.05, 0) is 109 Å². The van der Waals surface area contributed by atoms with Crippen molar-refractivity contribution in [1.29, 1.82) is 0 Å². The minimum absolute atomic E-state index is 0.0481. The molecule has 1 saturated carbocycles. The van der Waals surface area contributed by atoms with Gasteiger partial charge in [-0.25, -0.2) is 4.39 Å². The Morgan fingerprint density at radius 3 is 2.19 bits per heavy atom. The largest absolute Gasteiger partial charge is 0.507 e. The van der Waals surface area contributed by atoms with Crippen LogP contribution in [0.2, 0.25) is 5.02 Å². The Morgan fingerprint density at radius 1 is 0.793 bits per heavy atom. The number of phenols is 1. The first kappa shape index (κ1) is 37.1. The number of hydrogen-bond acceptors (Lipinski definition) is 7. The number of fused-ring (bicyclic) bond motifs is 4. The molecule has 2 aliphatic carbocycles. The number of amides is 4. The predicted octanol–water partition coefficient (Wildman–Crippen LogP) is 8.85. The number of carbonyl (C=O) groups is 4. The molecule has 0 aromatic heterocycles. The Kier molecular flexibility index (Phi) is 9.24. The van der Waals surface area contributed by atoms with E-state index in [-0.39, 0.29) is 30.4 Å². The van der Waals surface area contributed by atoms with E-state index in [1.807, 2.05) is 48.5 Å². The fraction of sp³-hybridized carbons (Fsp3) is 0.191. The summed E-state index contributed by atoms with van der Waals surface area (Å²) in [5, 5.41) is 16.8. The van der Waals surface area contributed by atoms with Crippen LogP contribution in [0.3, 0.4) is 0 Å². The van der Waals surface area contributed by atoms with Gasteiger partial charge in [-0.3, -0.25) is 29.5 Å². The molecular weight excluding hydrogens is 755 g/mol. The van der Waals surface area contributed by atoms with E-state index < -0.39 is 52.6 Å². The number of carbonyl (C=O) groups excluding carboxylic acids is 4. The normalized spacial score (nSPS) is 24.9. The predicted molar refractivity (Wildman–Crippen MR) is 220 cm³/mol. The van der Waals surface area contributed by atoms with Crippen LogP contribution in [0.1, 0.15) is 35.4 Å². The van der Waals surface area contributed by atoms with Crippen LogP contribution in [-0.2, 0) is 31.0 Å². The highest BCUT2D eigenvalue weighted by molar-refractivity contribution is 6.30. The lowest BCUT2D eigenvalue weighted by molar-refractivity contribution is -0.138. The lowest BCUT2D eigenvalue weighted by Crippen LogP contribution is -2.53. The van der Waals surface area contributed by atoms with Gasteiger partial charge >= 0.3 is 0 Å². The molecule has 4 aliphatic rings. The van der Waals surface area contributed by atoms with E-state index in [4.69, 9.17) is 11.6 Å². The molecule has 5 aromatic carbocycles. The van der Waals surface area contributed by atoms with Gasteiger partial charge in [-0.2, -0.15) is 5.01 Å². The second-order valence-corrected chi connectivity index (χ2v) is 15.7.